The molecule has 3 rings (SSSR count). The molecule has 1 aliphatic rings. The molecule has 1 atom stereocenters. The first-order valence-corrected chi connectivity index (χ1v) is 5.38. The van der Waals surface area contributed by atoms with Gasteiger partial charge in [0.25, 0.3) is 0 Å². The number of hydrogen-bond donors (Lipinski definition) is 0. The number of halogens is 1. The van der Waals surface area contributed by atoms with Gasteiger partial charge in [0.1, 0.15) is 5.60 Å². The zero-order chi connectivity index (χ0) is 11.3. The third-order valence-electron chi connectivity index (χ3n) is 2.76. The summed E-state index contributed by atoms with van der Waals surface area (Å²) in [5.41, 5.74) is 1.04. The molecule has 0 amide bonds. The molecule has 0 saturated carbocycles. The topological polar surface area (TPSA) is 47.7 Å². The lowest BCUT2D eigenvalue weighted by molar-refractivity contribution is 0.289. The molecule has 1 unspecified atom stereocenters. The summed E-state index contributed by atoms with van der Waals surface area (Å²) in [5.74, 6) is -0.367. The Morgan fingerprint density at radius 2 is 2.31 bits per heavy atom. The fourth-order valence-corrected chi connectivity index (χ4v) is 1.90. The fourth-order valence-electron chi connectivity index (χ4n) is 1.73. The van der Waals surface area contributed by atoms with Crippen LogP contribution >= 0.6 is 11.6 Å². The highest BCUT2D eigenvalue weighted by atomic mass is 35.5. The zero-order valence-corrected chi connectivity index (χ0v) is 9.45. The van der Waals surface area contributed by atoms with Crippen molar-refractivity contribution in [2.45, 2.75) is 19.1 Å². The average Bonchev–Trinajstić information content (AvgIpc) is 2.88. The molecule has 84 valence electrons. The van der Waals surface area contributed by atoms with Crippen molar-refractivity contribution in [2.75, 3.05) is 6.61 Å². The van der Waals surface area contributed by atoms with Gasteiger partial charge in [-0.1, -0.05) is 11.6 Å². The first kappa shape index (κ1) is 9.93. The minimum Gasteiger partial charge on any atom is -0.408 e. The summed E-state index contributed by atoms with van der Waals surface area (Å²) >= 11 is 5.90. The Morgan fingerprint density at radius 3 is 3.00 bits per heavy atom. The molecule has 0 N–H and O–H groups in total. The van der Waals surface area contributed by atoms with E-state index in [-0.39, 0.29) is 11.4 Å². The highest BCUT2D eigenvalue weighted by molar-refractivity contribution is 6.31. The van der Waals surface area contributed by atoms with E-state index >= 15 is 0 Å². The van der Waals surface area contributed by atoms with Crippen LogP contribution in [0.25, 0.3) is 11.1 Å². The molecule has 1 aliphatic heterocycles. The van der Waals surface area contributed by atoms with Gasteiger partial charge in [0.15, 0.2) is 5.58 Å². The van der Waals surface area contributed by atoms with Crippen LogP contribution in [0, 0.1) is 0 Å². The lowest BCUT2D eigenvalue weighted by atomic mass is 10.2. The smallest absolute Gasteiger partial charge is 0.408 e. The van der Waals surface area contributed by atoms with E-state index in [4.69, 9.17) is 20.8 Å². The zero-order valence-electron chi connectivity index (χ0n) is 8.70. The molecule has 0 aliphatic carbocycles. The largest absolute Gasteiger partial charge is 0.420 e. The molecular weight excluding hydrogens is 230 g/mol. The Kier molecular flexibility index (Phi) is 1.94. The predicted octanol–water partition coefficient (Wildman–Crippen LogP) is 2.04. The standard InChI is InChI=1S/C11H10ClNO3/c1-11(6-15-11)5-13-8-4-7(12)2-3-9(8)16-10(13)14/h2-4H,5-6H2,1H3. The first-order chi connectivity index (χ1) is 7.57. The lowest BCUT2D eigenvalue weighted by Crippen LogP contribution is -2.23. The van der Waals surface area contributed by atoms with Crippen molar-refractivity contribution >= 4 is 22.7 Å². The van der Waals surface area contributed by atoms with E-state index in [0.717, 1.165) is 0 Å². The van der Waals surface area contributed by atoms with E-state index in [9.17, 15) is 4.79 Å². The number of rotatable bonds is 2. The van der Waals surface area contributed by atoms with Gasteiger partial charge in [-0.05, 0) is 25.1 Å². The highest BCUT2D eigenvalue weighted by Crippen LogP contribution is 2.29. The van der Waals surface area contributed by atoms with Gasteiger partial charge in [-0.3, -0.25) is 4.57 Å². The van der Waals surface area contributed by atoms with Crippen molar-refractivity contribution in [1.82, 2.24) is 4.57 Å². The van der Waals surface area contributed by atoms with E-state index in [1.165, 1.54) is 0 Å². The second-order valence-corrected chi connectivity index (χ2v) is 4.74. The second kappa shape index (κ2) is 3.12. The van der Waals surface area contributed by atoms with E-state index in [0.29, 0.717) is 29.3 Å². The van der Waals surface area contributed by atoms with Crippen LogP contribution < -0.4 is 5.76 Å². The van der Waals surface area contributed by atoms with Crippen molar-refractivity contribution in [3.63, 3.8) is 0 Å². The van der Waals surface area contributed by atoms with Crippen molar-refractivity contribution in [1.29, 1.82) is 0 Å². The van der Waals surface area contributed by atoms with Crippen LogP contribution in [-0.2, 0) is 11.3 Å². The molecule has 1 fully saturated rings. The predicted molar refractivity (Wildman–Crippen MR) is 59.8 cm³/mol. The molecule has 0 bridgehead atoms. The van der Waals surface area contributed by atoms with Crippen molar-refractivity contribution < 1.29 is 9.15 Å². The SMILES string of the molecule is CC1(Cn2c(=O)oc3ccc(Cl)cc32)CO1. The molecule has 0 radical (unpaired) electrons. The van der Waals surface area contributed by atoms with Crippen LogP contribution in [-0.4, -0.2) is 16.8 Å². The van der Waals surface area contributed by atoms with Gasteiger partial charge >= 0.3 is 5.76 Å². The average molecular weight is 240 g/mol. The molecule has 1 saturated heterocycles. The quantitative estimate of drug-likeness (QED) is 0.754. The Labute approximate surface area is 96.4 Å². The van der Waals surface area contributed by atoms with Crippen LogP contribution in [0.5, 0.6) is 0 Å². The van der Waals surface area contributed by atoms with Gasteiger partial charge in [-0.2, -0.15) is 0 Å². The van der Waals surface area contributed by atoms with Gasteiger partial charge in [0.05, 0.1) is 18.7 Å². The molecule has 5 heteroatoms. The number of epoxide rings is 1. The number of oxazole rings is 1. The van der Waals surface area contributed by atoms with E-state index in [2.05, 4.69) is 0 Å². The van der Waals surface area contributed by atoms with Gasteiger partial charge in [-0.15, -0.1) is 0 Å². The molecule has 2 aromatic rings. The molecule has 4 nitrogen and oxygen atoms in total. The maximum atomic E-state index is 11.7. The maximum absolute atomic E-state index is 11.7. The Morgan fingerprint density at radius 1 is 1.56 bits per heavy atom. The number of benzene rings is 1. The summed E-state index contributed by atoms with van der Waals surface area (Å²) in [4.78, 5) is 11.7. The van der Waals surface area contributed by atoms with Crippen LogP contribution in [0.15, 0.2) is 27.4 Å². The number of ether oxygens (including phenoxy) is 1. The summed E-state index contributed by atoms with van der Waals surface area (Å²) < 4.78 is 12.0. The molecule has 1 aromatic heterocycles. The van der Waals surface area contributed by atoms with Crippen LogP contribution in [0.3, 0.4) is 0 Å². The minimum atomic E-state index is -0.367. The Balaban J connectivity index is 2.17. The summed E-state index contributed by atoms with van der Waals surface area (Å²) in [6.07, 6.45) is 0. The first-order valence-electron chi connectivity index (χ1n) is 5.00. The van der Waals surface area contributed by atoms with Crippen LogP contribution in [0.1, 0.15) is 6.92 Å². The Bertz CT molecular complexity index is 609. The molecule has 2 heterocycles. The van der Waals surface area contributed by atoms with Crippen molar-refractivity contribution in [2.24, 2.45) is 0 Å². The van der Waals surface area contributed by atoms with Gasteiger partial charge in [-0.25, -0.2) is 4.79 Å². The maximum Gasteiger partial charge on any atom is 0.420 e. The summed E-state index contributed by atoms with van der Waals surface area (Å²) in [6.45, 7) is 3.13. The van der Waals surface area contributed by atoms with Crippen LogP contribution in [0.2, 0.25) is 5.02 Å². The summed E-state index contributed by atoms with van der Waals surface area (Å²) in [7, 11) is 0. The third kappa shape index (κ3) is 1.54. The van der Waals surface area contributed by atoms with Gasteiger partial charge in [0, 0.05) is 5.02 Å². The monoisotopic (exact) mass is 239 g/mol. The summed E-state index contributed by atoms with van der Waals surface area (Å²) in [5, 5.41) is 0.587. The molecular formula is C11H10ClNO3. The second-order valence-electron chi connectivity index (χ2n) is 4.30. The van der Waals surface area contributed by atoms with E-state index in [1.54, 1.807) is 22.8 Å². The van der Waals surface area contributed by atoms with E-state index < -0.39 is 0 Å². The molecule has 0 spiro atoms. The molecule has 16 heavy (non-hydrogen) atoms. The number of hydrogen-bond acceptors (Lipinski definition) is 3. The van der Waals surface area contributed by atoms with Crippen molar-refractivity contribution in [3.8, 4) is 0 Å². The lowest BCUT2D eigenvalue weighted by Gasteiger charge is -2.05. The normalized spacial score (nSPS) is 23.9. The van der Waals surface area contributed by atoms with Gasteiger partial charge in [0.2, 0.25) is 0 Å². The highest BCUT2D eigenvalue weighted by Gasteiger charge is 2.40. The molecule has 1 aromatic carbocycles. The Hall–Kier alpha value is -1.26. The summed E-state index contributed by atoms with van der Waals surface area (Å²) in [6, 6.07) is 5.13. The van der Waals surface area contributed by atoms with E-state index in [1.807, 2.05) is 6.92 Å². The number of aromatic nitrogens is 1. The van der Waals surface area contributed by atoms with Gasteiger partial charge < -0.3 is 9.15 Å². The van der Waals surface area contributed by atoms with Crippen molar-refractivity contribution in [3.05, 3.63) is 33.8 Å². The minimum absolute atomic E-state index is 0.233. The fraction of sp³-hybridized carbons (Fsp3) is 0.364. The van der Waals surface area contributed by atoms with Crippen LogP contribution in [0.4, 0.5) is 0 Å². The number of nitrogens with zero attached hydrogens (tertiary/aromatic N) is 1. The number of fused-ring (bicyclic) bond motifs is 1. The third-order valence-corrected chi connectivity index (χ3v) is 2.99.